The minimum Gasteiger partial charge on any atom is -0.462 e. The van der Waals surface area contributed by atoms with Crippen molar-refractivity contribution in [3.63, 3.8) is 0 Å². The van der Waals surface area contributed by atoms with E-state index in [9.17, 15) is 10.1 Å². The van der Waals surface area contributed by atoms with E-state index in [1.807, 2.05) is 23.4 Å². The summed E-state index contributed by atoms with van der Waals surface area (Å²) in [6.07, 6.45) is 4.84. The molecular weight excluding hydrogens is 560 g/mol. The molecular formula is C30H29F2N7O2S. The van der Waals surface area contributed by atoms with Crippen LogP contribution in [0.4, 0.5) is 14.6 Å². The average molecular weight is 590 g/mol. The van der Waals surface area contributed by atoms with Gasteiger partial charge in [-0.3, -0.25) is 9.78 Å². The molecule has 0 radical (unpaired) electrons. The molecule has 12 heteroatoms. The molecule has 5 heterocycles. The summed E-state index contributed by atoms with van der Waals surface area (Å²) in [5.41, 5.74) is -0.0835. The first-order valence-corrected chi connectivity index (χ1v) is 14.7. The Hall–Kier alpha value is -4.21. The van der Waals surface area contributed by atoms with Crippen molar-refractivity contribution in [1.82, 2.24) is 24.8 Å². The molecule has 9 nitrogen and oxygen atoms in total. The van der Waals surface area contributed by atoms with E-state index in [-0.39, 0.29) is 47.7 Å². The number of carbonyl (C=O) groups is 1. The third kappa shape index (κ3) is 5.03. The lowest BCUT2D eigenvalue weighted by Crippen LogP contribution is -2.55. The van der Waals surface area contributed by atoms with Gasteiger partial charge >= 0.3 is 6.01 Å². The van der Waals surface area contributed by atoms with Crippen LogP contribution in [0.3, 0.4) is 0 Å². The molecule has 2 aliphatic rings. The van der Waals surface area contributed by atoms with Crippen LogP contribution in [0.15, 0.2) is 42.4 Å². The van der Waals surface area contributed by atoms with Gasteiger partial charge in [-0.05, 0) is 55.4 Å². The lowest BCUT2D eigenvalue weighted by Gasteiger charge is -2.41. The first-order chi connectivity index (χ1) is 20.4. The highest BCUT2D eigenvalue weighted by molar-refractivity contribution is 7.17. The highest BCUT2D eigenvalue weighted by Gasteiger charge is 2.32. The van der Waals surface area contributed by atoms with Gasteiger partial charge in [0.25, 0.3) is 0 Å². The number of halogens is 2. The van der Waals surface area contributed by atoms with E-state index < -0.39 is 17.7 Å². The molecule has 0 saturated carbocycles. The first kappa shape index (κ1) is 27.9. The van der Waals surface area contributed by atoms with Crippen molar-refractivity contribution in [2.45, 2.75) is 31.3 Å². The van der Waals surface area contributed by atoms with E-state index in [0.29, 0.717) is 35.6 Å². The van der Waals surface area contributed by atoms with Gasteiger partial charge in [0.2, 0.25) is 5.91 Å². The predicted molar refractivity (Wildman–Crippen MR) is 157 cm³/mol. The second-order valence-corrected chi connectivity index (χ2v) is 11.5. The first-order valence-electron chi connectivity index (χ1n) is 13.8. The van der Waals surface area contributed by atoms with E-state index in [4.69, 9.17) is 4.74 Å². The number of hydrogen-bond acceptors (Lipinski definition) is 9. The van der Waals surface area contributed by atoms with Crippen molar-refractivity contribution in [3.8, 4) is 23.3 Å². The van der Waals surface area contributed by atoms with Gasteiger partial charge in [0.05, 0.1) is 29.5 Å². The molecule has 3 aromatic heterocycles. The number of ether oxygens (including phenoxy) is 1. The maximum Gasteiger partial charge on any atom is 0.319 e. The number of rotatable bonds is 7. The second kappa shape index (κ2) is 11.6. The number of amides is 1. The number of aromatic nitrogens is 3. The number of nitriles is 1. The summed E-state index contributed by atoms with van der Waals surface area (Å²) < 4.78 is 38.2. The third-order valence-corrected chi connectivity index (χ3v) is 9.04. The van der Waals surface area contributed by atoms with E-state index in [1.165, 1.54) is 29.7 Å². The minimum atomic E-state index is -0.771. The maximum absolute atomic E-state index is 16.4. The van der Waals surface area contributed by atoms with Crippen LogP contribution < -0.4 is 9.64 Å². The average Bonchev–Trinajstić information content (AvgIpc) is 3.65. The van der Waals surface area contributed by atoms with Gasteiger partial charge in [0.15, 0.2) is 5.82 Å². The number of hydrogen-bond donors (Lipinski definition) is 0. The number of benzene rings is 1. The van der Waals surface area contributed by atoms with Crippen LogP contribution in [-0.2, 0) is 4.79 Å². The predicted octanol–water partition coefficient (Wildman–Crippen LogP) is 4.77. The van der Waals surface area contributed by atoms with Crippen LogP contribution in [0.1, 0.15) is 19.3 Å². The summed E-state index contributed by atoms with van der Waals surface area (Å²) in [7, 11) is 2.03. The molecule has 0 N–H and O–H groups in total. The fourth-order valence-corrected chi connectivity index (χ4v) is 6.76. The quantitative estimate of drug-likeness (QED) is 0.284. The molecule has 2 atom stereocenters. The van der Waals surface area contributed by atoms with Crippen LogP contribution in [0.5, 0.6) is 6.01 Å². The number of likely N-dealkylation sites (tertiary alicyclic amines) is 1. The molecule has 0 unspecified atom stereocenters. The summed E-state index contributed by atoms with van der Waals surface area (Å²) in [6, 6.07) is 6.74. The van der Waals surface area contributed by atoms with Crippen molar-refractivity contribution in [2.24, 2.45) is 0 Å². The molecule has 0 aliphatic carbocycles. The van der Waals surface area contributed by atoms with Gasteiger partial charge in [-0.15, -0.1) is 11.3 Å². The van der Waals surface area contributed by atoms with Crippen molar-refractivity contribution in [3.05, 3.63) is 54.1 Å². The van der Waals surface area contributed by atoms with E-state index in [0.717, 1.165) is 24.8 Å². The highest BCUT2D eigenvalue weighted by atomic mass is 32.1. The zero-order valence-corrected chi connectivity index (χ0v) is 23.9. The summed E-state index contributed by atoms with van der Waals surface area (Å²) >= 11 is 1.32. The number of anilines is 1. The summed E-state index contributed by atoms with van der Waals surface area (Å²) in [4.78, 5) is 31.7. The number of piperazine rings is 1. The summed E-state index contributed by atoms with van der Waals surface area (Å²) in [5.74, 6) is -1.22. The fraction of sp³-hybridized carbons (Fsp3) is 0.367. The number of pyridine rings is 1. The topological polar surface area (TPSA) is 98.5 Å². The van der Waals surface area contributed by atoms with Crippen LogP contribution in [0, 0.1) is 23.0 Å². The molecule has 216 valence electrons. The van der Waals surface area contributed by atoms with Gasteiger partial charge in [0.1, 0.15) is 29.5 Å². The van der Waals surface area contributed by atoms with Crippen LogP contribution in [0.25, 0.3) is 32.2 Å². The normalized spacial score (nSPS) is 19.4. The number of thiophene rings is 1. The van der Waals surface area contributed by atoms with Gasteiger partial charge in [-0.1, -0.05) is 12.6 Å². The van der Waals surface area contributed by atoms with Crippen molar-refractivity contribution < 1.29 is 18.3 Å². The Morgan fingerprint density at radius 3 is 2.86 bits per heavy atom. The fourth-order valence-electron chi connectivity index (χ4n) is 5.83. The molecule has 2 fully saturated rings. The molecule has 6 rings (SSSR count). The van der Waals surface area contributed by atoms with Crippen molar-refractivity contribution in [1.29, 1.82) is 5.26 Å². The molecule has 1 aromatic carbocycles. The SMILES string of the molecule is C=CC(=O)N1CCN(c2nc(OC[C@@H]3CCCN3C)nc3c(F)c(-c4c(F)ccc5ccsc45)ncc23)C[C@@H]1CC#N. The Labute approximate surface area is 245 Å². The number of nitrogens with zero attached hydrogens (tertiary/aromatic N) is 7. The summed E-state index contributed by atoms with van der Waals surface area (Å²) in [5, 5.41) is 12.4. The molecule has 1 amide bonds. The van der Waals surface area contributed by atoms with Crippen LogP contribution in [-0.4, -0.2) is 82.6 Å². The monoisotopic (exact) mass is 589 g/mol. The molecule has 0 spiro atoms. The zero-order chi connectivity index (χ0) is 29.4. The van der Waals surface area contributed by atoms with Gasteiger partial charge in [-0.2, -0.15) is 15.2 Å². The van der Waals surface area contributed by atoms with Crippen LogP contribution >= 0.6 is 11.3 Å². The van der Waals surface area contributed by atoms with Crippen molar-refractivity contribution in [2.75, 3.05) is 44.7 Å². The lowest BCUT2D eigenvalue weighted by atomic mass is 10.1. The summed E-state index contributed by atoms with van der Waals surface area (Å²) in [6.45, 7) is 5.88. The van der Waals surface area contributed by atoms with Crippen LogP contribution in [0.2, 0.25) is 0 Å². The molecule has 2 aliphatic heterocycles. The number of likely N-dealkylation sites (N-methyl/N-ethyl adjacent to an activating group) is 1. The molecule has 0 bridgehead atoms. The number of carbonyl (C=O) groups excluding carboxylic acids is 1. The number of fused-ring (bicyclic) bond motifs is 2. The molecule has 42 heavy (non-hydrogen) atoms. The third-order valence-electron chi connectivity index (χ3n) is 8.09. The highest BCUT2D eigenvalue weighted by Crippen LogP contribution is 2.38. The Bertz CT molecular complexity index is 1720. The molecule has 2 saturated heterocycles. The smallest absolute Gasteiger partial charge is 0.319 e. The Morgan fingerprint density at radius 1 is 1.24 bits per heavy atom. The van der Waals surface area contributed by atoms with Gasteiger partial charge in [-0.25, -0.2) is 8.78 Å². The Balaban J connectivity index is 1.45. The van der Waals surface area contributed by atoms with E-state index in [2.05, 4.69) is 32.5 Å². The standard InChI is InChI=1S/C30H29F2N7O2S/c1-3-23(40)39-13-12-38(16-19(39)8-10-33)29-21-15-34-27(24-22(31)7-6-18-9-14-42-28(18)24)25(32)26(21)35-30(36-29)41-17-20-5-4-11-37(20)2/h3,6-7,9,14-15,19-20H,1,4-5,8,11-13,16-17H2,2H3/t19-,20-/m0/s1. The Kier molecular flexibility index (Phi) is 7.70. The Morgan fingerprint density at radius 2 is 2.10 bits per heavy atom. The zero-order valence-electron chi connectivity index (χ0n) is 23.1. The van der Waals surface area contributed by atoms with Crippen molar-refractivity contribution >= 4 is 44.1 Å². The molecule has 4 aromatic rings. The lowest BCUT2D eigenvalue weighted by molar-refractivity contribution is -0.128. The van der Waals surface area contributed by atoms with Gasteiger partial charge < -0.3 is 19.4 Å². The van der Waals surface area contributed by atoms with Gasteiger partial charge in [0, 0.05) is 36.6 Å². The van der Waals surface area contributed by atoms with E-state index in [1.54, 1.807) is 11.0 Å². The minimum absolute atomic E-state index is 0.00471. The largest absolute Gasteiger partial charge is 0.462 e. The maximum atomic E-state index is 16.4. The van der Waals surface area contributed by atoms with E-state index >= 15 is 8.78 Å². The second-order valence-electron chi connectivity index (χ2n) is 10.6.